The molecule has 0 atom stereocenters. The van der Waals surface area contributed by atoms with Crippen LogP contribution in [0.2, 0.25) is 0 Å². The fourth-order valence-corrected chi connectivity index (χ4v) is 3.72. The molecular weight excluding hydrogens is 264 g/mol. The number of benzene rings is 1. The van der Waals surface area contributed by atoms with Gasteiger partial charge in [0.05, 0.1) is 11.0 Å². The van der Waals surface area contributed by atoms with Gasteiger partial charge in [-0.25, -0.2) is 0 Å². The molecule has 2 aliphatic carbocycles. The molecule has 0 bridgehead atoms. The first-order valence-electron chi connectivity index (χ1n) is 7.98. The van der Waals surface area contributed by atoms with Crippen LogP contribution in [0.4, 0.5) is 0 Å². The predicted octanol–water partition coefficient (Wildman–Crippen LogP) is 3.69. The van der Waals surface area contributed by atoms with E-state index in [1.54, 1.807) is 7.11 Å². The van der Waals surface area contributed by atoms with Gasteiger partial charge >= 0.3 is 5.97 Å². The molecule has 2 saturated carbocycles. The van der Waals surface area contributed by atoms with Crippen molar-refractivity contribution >= 4 is 5.97 Å². The summed E-state index contributed by atoms with van der Waals surface area (Å²) in [4.78, 5) is 11.9. The van der Waals surface area contributed by atoms with Gasteiger partial charge in [-0.15, -0.1) is 0 Å². The highest BCUT2D eigenvalue weighted by Crippen LogP contribution is 2.43. The quantitative estimate of drug-likeness (QED) is 0.898. The lowest BCUT2D eigenvalue weighted by molar-refractivity contribution is -0.145. The Morgan fingerprint density at radius 1 is 1.19 bits per heavy atom. The Bertz CT molecular complexity index is 525. The van der Waals surface area contributed by atoms with Crippen LogP contribution < -0.4 is 0 Å². The van der Waals surface area contributed by atoms with Crippen LogP contribution in [0.25, 0.3) is 0 Å². The molecule has 1 N–H and O–H groups in total. The summed E-state index contributed by atoms with van der Waals surface area (Å²) in [6.45, 7) is 0. The third-order valence-electron chi connectivity index (χ3n) is 5.36. The molecule has 114 valence electrons. The van der Waals surface area contributed by atoms with Gasteiger partial charge in [0.15, 0.2) is 0 Å². The lowest BCUT2D eigenvalue weighted by Gasteiger charge is -2.34. The molecule has 1 aromatic carbocycles. The molecule has 0 saturated heterocycles. The monoisotopic (exact) mass is 288 g/mol. The zero-order valence-electron chi connectivity index (χ0n) is 12.7. The molecule has 0 spiro atoms. The second kappa shape index (κ2) is 5.45. The van der Waals surface area contributed by atoms with Crippen LogP contribution in [0.1, 0.15) is 56.1 Å². The Morgan fingerprint density at radius 3 is 2.48 bits per heavy atom. The van der Waals surface area contributed by atoms with E-state index in [-0.39, 0.29) is 5.60 Å². The molecule has 3 nitrogen and oxygen atoms in total. The van der Waals surface area contributed by atoms with Crippen molar-refractivity contribution in [3.8, 4) is 0 Å². The second-order valence-electron chi connectivity index (χ2n) is 6.71. The Kier molecular flexibility index (Phi) is 3.78. The van der Waals surface area contributed by atoms with E-state index in [1.807, 2.05) is 12.1 Å². The zero-order valence-corrected chi connectivity index (χ0v) is 12.7. The van der Waals surface area contributed by atoms with Crippen LogP contribution in [0.3, 0.4) is 0 Å². The Balaban J connectivity index is 1.88. The number of rotatable bonds is 5. The molecule has 2 fully saturated rings. The third-order valence-corrected chi connectivity index (χ3v) is 5.36. The normalized spacial score (nSPS) is 22.7. The Morgan fingerprint density at radius 2 is 1.90 bits per heavy atom. The van der Waals surface area contributed by atoms with Gasteiger partial charge in [-0.05, 0) is 36.8 Å². The highest BCUT2D eigenvalue weighted by Gasteiger charge is 2.44. The molecule has 3 heteroatoms. The minimum atomic E-state index is -0.669. The standard InChI is InChI=1S/C18H24O3/c1-21-17(10-11-17)13-14-6-5-7-15(12-14)18(16(19)20)8-3-2-4-9-18/h5-7,12H,2-4,8-11,13H2,1H3,(H,19,20). The number of carboxylic acids is 1. The van der Waals surface area contributed by atoms with Crippen molar-refractivity contribution < 1.29 is 14.6 Å². The predicted molar refractivity (Wildman–Crippen MR) is 81.5 cm³/mol. The average molecular weight is 288 g/mol. The van der Waals surface area contributed by atoms with E-state index in [9.17, 15) is 9.90 Å². The molecule has 0 amide bonds. The van der Waals surface area contributed by atoms with Crippen molar-refractivity contribution in [3.63, 3.8) is 0 Å². The Hall–Kier alpha value is -1.35. The van der Waals surface area contributed by atoms with Crippen molar-refractivity contribution in [2.45, 2.75) is 62.4 Å². The van der Waals surface area contributed by atoms with Gasteiger partial charge in [0, 0.05) is 13.5 Å². The summed E-state index contributed by atoms with van der Waals surface area (Å²) < 4.78 is 5.59. The molecule has 0 aromatic heterocycles. The summed E-state index contributed by atoms with van der Waals surface area (Å²) in [5, 5.41) is 9.80. The van der Waals surface area contributed by atoms with Crippen molar-refractivity contribution in [2.24, 2.45) is 0 Å². The highest BCUT2D eigenvalue weighted by atomic mass is 16.5. The van der Waals surface area contributed by atoms with Crippen molar-refractivity contribution in [2.75, 3.05) is 7.11 Å². The smallest absolute Gasteiger partial charge is 0.314 e. The van der Waals surface area contributed by atoms with Gasteiger partial charge in [0.2, 0.25) is 0 Å². The van der Waals surface area contributed by atoms with Crippen LogP contribution in [-0.4, -0.2) is 23.8 Å². The largest absolute Gasteiger partial charge is 0.481 e. The summed E-state index contributed by atoms with van der Waals surface area (Å²) in [6.07, 6.45) is 7.82. The zero-order chi connectivity index (χ0) is 14.9. The van der Waals surface area contributed by atoms with E-state index in [1.165, 1.54) is 5.56 Å². The lowest BCUT2D eigenvalue weighted by atomic mass is 9.69. The molecule has 2 aliphatic rings. The molecule has 3 rings (SSSR count). The summed E-state index contributed by atoms with van der Waals surface area (Å²) in [5.74, 6) is -0.660. The topological polar surface area (TPSA) is 46.5 Å². The molecule has 1 aromatic rings. The van der Waals surface area contributed by atoms with Crippen LogP contribution in [0.15, 0.2) is 24.3 Å². The SMILES string of the molecule is COC1(Cc2cccc(C3(C(=O)O)CCCCC3)c2)CC1. The van der Waals surface area contributed by atoms with Gasteiger partial charge in [-0.1, -0.05) is 43.5 Å². The highest BCUT2D eigenvalue weighted by molar-refractivity contribution is 5.81. The van der Waals surface area contributed by atoms with Crippen molar-refractivity contribution in [1.82, 2.24) is 0 Å². The first kappa shape index (κ1) is 14.6. The maximum absolute atomic E-state index is 11.9. The molecule has 0 radical (unpaired) electrons. The number of methoxy groups -OCH3 is 1. The van der Waals surface area contributed by atoms with E-state index in [0.29, 0.717) is 0 Å². The molecule has 0 aliphatic heterocycles. The number of ether oxygens (including phenoxy) is 1. The van der Waals surface area contributed by atoms with Gasteiger partial charge in [-0.3, -0.25) is 4.79 Å². The molecular formula is C18H24O3. The maximum Gasteiger partial charge on any atom is 0.314 e. The van der Waals surface area contributed by atoms with E-state index in [0.717, 1.165) is 56.9 Å². The lowest BCUT2D eigenvalue weighted by Crippen LogP contribution is -2.37. The first-order valence-corrected chi connectivity index (χ1v) is 7.98. The molecule has 0 heterocycles. The number of hydrogen-bond donors (Lipinski definition) is 1. The maximum atomic E-state index is 11.9. The molecule has 21 heavy (non-hydrogen) atoms. The summed E-state index contributed by atoms with van der Waals surface area (Å²) in [7, 11) is 1.77. The van der Waals surface area contributed by atoms with Gasteiger partial charge in [0.25, 0.3) is 0 Å². The number of carbonyl (C=O) groups is 1. The third kappa shape index (κ3) is 2.71. The first-order chi connectivity index (χ1) is 10.1. The summed E-state index contributed by atoms with van der Waals surface area (Å²) >= 11 is 0. The van der Waals surface area contributed by atoms with Gasteiger partial charge < -0.3 is 9.84 Å². The van der Waals surface area contributed by atoms with Crippen molar-refractivity contribution in [1.29, 1.82) is 0 Å². The minimum Gasteiger partial charge on any atom is -0.481 e. The number of hydrogen-bond acceptors (Lipinski definition) is 2. The van der Waals surface area contributed by atoms with Crippen LogP contribution >= 0.6 is 0 Å². The van der Waals surface area contributed by atoms with Crippen LogP contribution in [-0.2, 0) is 21.4 Å². The Labute approximate surface area is 126 Å². The van der Waals surface area contributed by atoms with E-state index >= 15 is 0 Å². The van der Waals surface area contributed by atoms with Crippen molar-refractivity contribution in [3.05, 3.63) is 35.4 Å². The van der Waals surface area contributed by atoms with E-state index in [2.05, 4.69) is 12.1 Å². The summed E-state index contributed by atoms with van der Waals surface area (Å²) in [5.41, 5.74) is 1.54. The average Bonchev–Trinajstić information content (AvgIpc) is 3.28. The number of aliphatic carboxylic acids is 1. The second-order valence-corrected chi connectivity index (χ2v) is 6.71. The minimum absolute atomic E-state index is 0.0155. The van der Waals surface area contributed by atoms with Crippen LogP contribution in [0, 0.1) is 0 Å². The van der Waals surface area contributed by atoms with E-state index < -0.39 is 11.4 Å². The fraction of sp³-hybridized carbons (Fsp3) is 0.611. The van der Waals surface area contributed by atoms with E-state index in [4.69, 9.17) is 4.74 Å². The van der Waals surface area contributed by atoms with Gasteiger partial charge in [-0.2, -0.15) is 0 Å². The molecule has 0 unspecified atom stereocenters. The van der Waals surface area contributed by atoms with Gasteiger partial charge in [0.1, 0.15) is 0 Å². The summed E-state index contributed by atoms with van der Waals surface area (Å²) in [6, 6.07) is 8.21. The number of carboxylic acid groups (broad SMARTS) is 1. The van der Waals surface area contributed by atoms with Crippen LogP contribution in [0.5, 0.6) is 0 Å². The fourth-order valence-electron chi connectivity index (χ4n) is 3.72.